The van der Waals surface area contributed by atoms with E-state index in [-0.39, 0.29) is 5.69 Å². The molecule has 3 aromatic carbocycles. The summed E-state index contributed by atoms with van der Waals surface area (Å²) < 4.78 is 5.88. The molecule has 0 aromatic heterocycles. The minimum Gasteiger partial charge on any atom is -0.488 e. The van der Waals surface area contributed by atoms with Gasteiger partial charge in [0.15, 0.2) is 0 Å². The van der Waals surface area contributed by atoms with E-state index in [0.29, 0.717) is 12.3 Å². The second-order valence-corrected chi connectivity index (χ2v) is 5.34. The first-order valence-electron chi connectivity index (χ1n) is 7.76. The number of non-ortho nitro benzene ring substituents is 1. The molecule has 0 bridgehead atoms. The molecule has 0 amide bonds. The van der Waals surface area contributed by atoms with Crippen LogP contribution in [0.4, 0.5) is 11.4 Å². The first kappa shape index (κ1) is 16.4. The lowest BCUT2D eigenvalue weighted by Crippen LogP contribution is -1.97. The highest BCUT2D eigenvalue weighted by molar-refractivity contribution is 5.85. The second kappa shape index (κ2) is 7.88. The van der Waals surface area contributed by atoms with Crippen LogP contribution in [-0.4, -0.2) is 11.1 Å². The molecule has 0 spiro atoms. The first-order valence-corrected chi connectivity index (χ1v) is 7.76. The highest BCUT2D eigenvalue weighted by Gasteiger charge is 2.04. The SMILES string of the molecule is O=[N+]([O-])c1ccc(N=Cc2ccccc2OCc2ccccc2)cc1. The van der Waals surface area contributed by atoms with E-state index in [1.807, 2.05) is 54.6 Å². The van der Waals surface area contributed by atoms with E-state index >= 15 is 0 Å². The Bertz CT molecular complexity index is 875. The summed E-state index contributed by atoms with van der Waals surface area (Å²) in [7, 11) is 0. The van der Waals surface area contributed by atoms with Crippen LogP contribution >= 0.6 is 0 Å². The van der Waals surface area contributed by atoms with Crippen LogP contribution in [0.1, 0.15) is 11.1 Å². The van der Waals surface area contributed by atoms with Gasteiger partial charge in [-0.25, -0.2) is 0 Å². The molecule has 0 aliphatic heterocycles. The molecule has 0 fully saturated rings. The molecule has 3 rings (SSSR count). The molecule has 0 radical (unpaired) electrons. The van der Waals surface area contributed by atoms with Gasteiger partial charge in [0.2, 0.25) is 0 Å². The predicted molar refractivity (Wildman–Crippen MR) is 97.6 cm³/mol. The Morgan fingerprint density at radius 3 is 2.32 bits per heavy atom. The number of benzene rings is 3. The van der Waals surface area contributed by atoms with Crippen LogP contribution in [0, 0.1) is 10.1 Å². The van der Waals surface area contributed by atoms with Crippen molar-refractivity contribution in [3.63, 3.8) is 0 Å². The van der Waals surface area contributed by atoms with E-state index in [2.05, 4.69) is 4.99 Å². The average molecular weight is 332 g/mol. The van der Waals surface area contributed by atoms with Crippen LogP contribution in [0.5, 0.6) is 5.75 Å². The molecular weight excluding hydrogens is 316 g/mol. The Balaban J connectivity index is 1.73. The molecule has 0 aliphatic carbocycles. The monoisotopic (exact) mass is 332 g/mol. The number of hydrogen-bond donors (Lipinski definition) is 0. The number of nitrogens with zero attached hydrogens (tertiary/aromatic N) is 2. The quantitative estimate of drug-likeness (QED) is 0.365. The van der Waals surface area contributed by atoms with Gasteiger partial charge in [0.1, 0.15) is 12.4 Å². The summed E-state index contributed by atoms with van der Waals surface area (Å²) in [6, 6.07) is 23.6. The summed E-state index contributed by atoms with van der Waals surface area (Å²) in [5.41, 5.74) is 2.62. The minimum atomic E-state index is -0.430. The Kier molecular flexibility index (Phi) is 5.16. The zero-order chi connectivity index (χ0) is 17.5. The van der Waals surface area contributed by atoms with E-state index in [4.69, 9.17) is 4.74 Å². The number of ether oxygens (including phenoxy) is 1. The van der Waals surface area contributed by atoms with Gasteiger partial charge in [-0.1, -0.05) is 42.5 Å². The Hall–Kier alpha value is -3.47. The molecule has 0 saturated heterocycles. The Labute approximate surface area is 145 Å². The normalized spacial score (nSPS) is 10.7. The van der Waals surface area contributed by atoms with Crippen LogP contribution in [0.3, 0.4) is 0 Å². The second-order valence-electron chi connectivity index (χ2n) is 5.34. The molecule has 0 heterocycles. The summed E-state index contributed by atoms with van der Waals surface area (Å²) in [5.74, 6) is 0.733. The highest BCUT2D eigenvalue weighted by atomic mass is 16.6. The minimum absolute atomic E-state index is 0.0468. The van der Waals surface area contributed by atoms with Gasteiger partial charge in [-0.3, -0.25) is 15.1 Å². The molecule has 5 nitrogen and oxygen atoms in total. The molecule has 5 heteroatoms. The third-order valence-corrected chi connectivity index (χ3v) is 3.57. The van der Waals surface area contributed by atoms with E-state index < -0.39 is 4.92 Å². The average Bonchev–Trinajstić information content (AvgIpc) is 2.66. The lowest BCUT2D eigenvalue weighted by Gasteiger charge is -2.08. The van der Waals surface area contributed by atoms with Crippen molar-refractivity contribution in [3.8, 4) is 5.75 Å². The van der Waals surface area contributed by atoms with E-state index in [1.54, 1.807) is 18.3 Å². The van der Waals surface area contributed by atoms with Crippen molar-refractivity contribution < 1.29 is 9.66 Å². The van der Waals surface area contributed by atoms with E-state index in [0.717, 1.165) is 16.9 Å². The number of aliphatic imine (C=N–C) groups is 1. The molecule has 0 N–H and O–H groups in total. The number of rotatable bonds is 6. The van der Waals surface area contributed by atoms with Crippen molar-refractivity contribution in [2.24, 2.45) is 4.99 Å². The highest BCUT2D eigenvalue weighted by Crippen LogP contribution is 2.21. The van der Waals surface area contributed by atoms with Crippen LogP contribution < -0.4 is 4.74 Å². The summed E-state index contributed by atoms with van der Waals surface area (Å²) in [5, 5.41) is 10.7. The summed E-state index contributed by atoms with van der Waals surface area (Å²) >= 11 is 0. The Morgan fingerprint density at radius 1 is 0.920 bits per heavy atom. The van der Waals surface area contributed by atoms with Crippen molar-refractivity contribution in [2.45, 2.75) is 6.61 Å². The predicted octanol–water partition coefficient (Wildman–Crippen LogP) is 4.92. The van der Waals surface area contributed by atoms with Crippen molar-refractivity contribution >= 4 is 17.6 Å². The van der Waals surface area contributed by atoms with Crippen molar-refractivity contribution in [1.82, 2.24) is 0 Å². The standard InChI is InChI=1S/C20H16N2O3/c23-22(24)19-12-10-18(11-13-19)21-14-17-8-4-5-9-20(17)25-15-16-6-2-1-3-7-16/h1-14H,15H2. The third kappa shape index (κ3) is 4.51. The maximum atomic E-state index is 10.7. The Morgan fingerprint density at radius 2 is 1.60 bits per heavy atom. The van der Waals surface area contributed by atoms with Crippen LogP contribution in [-0.2, 0) is 6.61 Å². The maximum Gasteiger partial charge on any atom is 0.269 e. The molecule has 0 unspecified atom stereocenters. The van der Waals surface area contributed by atoms with Crippen molar-refractivity contribution in [2.75, 3.05) is 0 Å². The summed E-state index contributed by atoms with van der Waals surface area (Å²) in [6.07, 6.45) is 1.70. The fourth-order valence-corrected chi connectivity index (χ4v) is 2.26. The van der Waals surface area contributed by atoms with Crippen molar-refractivity contribution in [3.05, 3.63) is 100 Å². The molecular formula is C20H16N2O3. The number of hydrogen-bond acceptors (Lipinski definition) is 4. The molecule has 0 aliphatic rings. The number of para-hydroxylation sites is 1. The molecule has 25 heavy (non-hydrogen) atoms. The van der Waals surface area contributed by atoms with Crippen LogP contribution in [0.2, 0.25) is 0 Å². The summed E-state index contributed by atoms with van der Waals surface area (Å²) in [4.78, 5) is 14.6. The van der Waals surface area contributed by atoms with Gasteiger partial charge in [-0.15, -0.1) is 0 Å². The van der Waals surface area contributed by atoms with Gasteiger partial charge >= 0.3 is 0 Å². The van der Waals surface area contributed by atoms with Crippen LogP contribution in [0.15, 0.2) is 83.9 Å². The molecule has 124 valence electrons. The lowest BCUT2D eigenvalue weighted by atomic mass is 10.2. The number of nitro groups is 1. The number of nitro benzene ring substituents is 1. The van der Waals surface area contributed by atoms with Gasteiger partial charge in [0.25, 0.3) is 5.69 Å². The summed E-state index contributed by atoms with van der Waals surface area (Å²) in [6.45, 7) is 0.475. The van der Waals surface area contributed by atoms with E-state index in [1.165, 1.54) is 12.1 Å². The van der Waals surface area contributed by atoms with Gasteiger partial charge in [0.05, 0.1) is 10.6 Å². The smallest absolute Gasteiger partial charge is 0.269 e. The van der Waals surface area contributed by atoms with Crippen LogP contribution in [0.25, 0.3) is 0 Å². The van der Waals surface area contributed by atoms with Gasteiger partial charge in [-0.2, -0.15) is 0 Å². The third-order valence-electron chi connectivity index (χ3n) is 3.57. The van der Waals surface area contributed by atoms with Gasteiger partial charge < -0.3 is 4.74 Å². The first-order chi connectivity index (χ1) is 12.2. The fraction of sp³-hybridized carbons (Fsp3) is 0.0500. The van der Waals surface area contributed by atoms with E-state index in [9.17, 15) is 10.1 Å². The zero-order valence-corrected chi connectivity index (χ0v) is 13.4. The lowest BCUT2D eigenvalue weighted by molar-refractivity contribution is -0.384. The molecule has 0 saturated carbocycles. The van der Waals surface area contributed by atoms with Gasteiger partial charge in [0, 0.05) is 23.9 Å². The largest absolute Gasteiger partial charge is 0.488 e. The van der Waals surface area contributed by atoms with Gasteiger partial charge in [-0.05, 0) is 29.8 Å². The topological polar surface area (TPSA) is 64.7 Å². The maximum absolute atomic E-state index is 10.7. The zero-order valence-electron chi connectivity index (χ0n) is 13.4. The van der Waals surface area contributed by atoms with Crippen molar-refractivity contribution in [1.29, 1.82) is 0 Å². The molecule has 3 aromatic rings. The molecule has 0 atom stereocenters. The fourth-order valence-electron chi connectivity index (χ4n) is 2.26.